The number of furan rings is 1. The molecule has 2 N–H and O–H groups in total. The maximum absolute atomic E-state index is 11.3. The van der Waals surface area contributed by atoms with Gasteiger partial charge in [-0.15, -0.1) is 0 Å². The molecule has 0 amide bonds. The van der Waals surface area contributed by atoms with Gasteiger partial charge in [-0.3, -0.25) is 4.79 Å². The van der Waals surface area contributed by atoms with Gasteiger partial charge in [0.25, 0.3) is 0 Å². The molecule has 0 radical (unpaired) electrons. The Balaban J connectivity index is 2.57. The standard InChI is InChI=1S/C12H10ClNO4S/c1-7(15)11-4-5-12(18-11)9-6-8(19(14,16)17)2-3-10(9)13/h2-6H,1H3,(H2,14,16,17). The molecule has 7 heteroatoms. The fraction of sp³-hybridized carbons (Fsp3) is 0.0833. The maximum atomic E-state index is 11.3. The number of carbonyl (C=O) groups is 1. The van der Waals surface area contributed by atoms with Crippen molar-refractivity contribution < 1.29 is 17.6 Å². The first-order valence-corrected chi connectivity index (χ1v) is 7.15. The fourth-order valence-corrected chi connectivity index (χ4v) is 2.29. The van der Waals surface area contributed by atoms with Crippen LogP contribution in [-0.2, 0) is 10.0 Å². The van der Waals surface area contributed by atoms with Crippen LogP contribution in [0.25, 0.3) is 11.3 Å². The molecule has 0 saturated carbocycles. The van der Waals surface area contributed by atoms with Crippen molar-refractivity contribution in [3.63, 3.8) is 0 Å². The molecule has 0 aliphatic rings. The average molecular weight is 300 g/mol. The number of sulfonamides is 1. The second kappa shape index (κ2) is 4.80. The molecule has 1 aromatic carbocycles. The van der Waals surface area contributed by atoms with Gasteiger partial charge in [-0.1, -0.05) is 11.6 Å². The third-order valence-corrected chi connectivity index (χ3v) is 3.73. The summed E-state index contributed by atoms with van der Waals surface area (Å²) < 4.78 is 27.9. The Labute approximate surface area is 115 Å². The summed E-state index contributed by atoms with van der Waals surface area (Å²) >= 11 is 5.99. The van der Waals surface area contributed by atoms with Gasteiger partial charge in [0.2, 0.25) is 10.0 Å². The SMILES string of the molecule is CC(=O)c1ccc(-c2cc(S(N)(=O)=O)ccc2Cl)o1. The summed E-state index contributed by atoms with van der Waals surface area (Å²) in [4.78, 5) is 11.1. The molecular weight excluding hydrogens is 290 g/mol. The van der Waals surface area contributed by atoms with Crippen molar-refractivity contribution in [2.75, 3.05) is 0 Å². The molecule has 19 heavy (non-hydrogen) atoms. The highest BCUT2D eigenvalue weighted by Crippen LogP contribution is 2.31. The number of Topliss-reactive ketones (excluding diaryl/α,β-unsaturated/α-hetero) is 1. The lowest BCUT2D eigenvalue weighted by molar-refractivity contribution is 0.0988. The van der Waals surface area contributed by atoms with E-state index in [1.54, 1.807) is 6.07 Å². The van der Waals surface area contributed by atoms with E-state index in [-0.39, 0.29) is 16.4 Å². The molecule has 5 nitrogen and oxygen atoms in total. The normalized spacial score (nSPS) is 11.5. The van der Waals surface area contributed by atoms with Crippen LogP contribution in [0.1, 0.15) is 17.5 Å². The molecule has 0 spiro atoms. The summed E-state index contributed by atoms with van der Waals surface area (Å²) in [7, 11) is -3.83. The molecule has 2 aromatic rings. The first kappa shape index (κ1) is 13.8. The van der Waals surface area contributed by atoms with E-state index in [2.05, 4.69) is 0 Å². The zero-order valence-corrected chi connectivity index (χ0v) is 11.5. The Hall–Kier alpha value is -1.63. The summed E-state index contributed by atoms with van der Waals surface area (Å²) in [5, 5.41) is 5.35. The van der Waals surface area contributed by atoms with Crippen molar-refractivity contribution in [3.05, 3.63) is 41.1 Å². The molecule has 0 unspecified atom stereocenters. The number of hydrogen-bond donors (Lipinski definition) is 1. The zero-order valence-electron chi connectivity index (χ0n) is 9.88. The first-order valence-electron chi connectivity index (χ1n) is 5.22. The Morgan fingerprint density at radius 1 is 1.26 bits per heavy atom. The van der Waals surface area contributed by atoms with Crippen molar-refractivity contribution in [1.82, 2.24) is 0 Å². The zero-order chi connectivity index (χ0) is 14.2. The van der Waals surface area contributed by atoms with Gasteiger partial charge < -0.3 is 4.42 Å². The molecule has 0 fully saturated rings. The number of hydrogen-bond acceptors (Lipinski definition) is 4. The lowest BCUT2D eigenvalue weighted by atomic mass is 10.2. The van der Waals surface area contributed by atoms with Crippen LogP contribution >= 0.6 is 11.6 Å². The van der Waals surface area contributed by atoms with Crippen LogP contribution in [-0.4, -0.2) is 14.2 Å². The predicted octanol–water partition coefficient (Wildman–Crippen LogP) is 2.45. The molecule has 1 aromatic heterocycles. The summed E-state index contributed by atoms with van der Waals surface area (Å²) in [5.41, 5.74) is 0.362. The molecule has 100 valence electrons. The highest BCUT2D eigenvalue weighted by Gasteiger charge is 2.15. The van der Waals surface area contributed by atoms with E-state index in [4.69, 9.17) is 21.2 Å². The van der Waals surface area contributed by atoms with E-state index in [1.165, 1.54) is 31.2 Å². The molecule has 1 heterocycles. The van der Waals surface area contributed by atoms with E-state index in [1.807, 2.05) is 0 Å². The largest absolute Gasteiger partial charge is 0.453 e. The Bertz CT molecular complexity index is 749. The van der Waals surface area contributed by atoms with Crippen LogP contribution in [0.2, 0.25) is 5.02 Å². The fourth-order valence-electron chi connectivity index (χ4n) is 1.54. The van der Waals surface area contributed by atoms with Crippen LogP contribution < -0.4 is 5.14 Å². The summed E-state index contributed by atoms with van der Waals surface area (Å²) in [5.74, 6) is 0.248. The second-order valence-corrected chi connectivity index (χ2v) is 5.88. The van der Waals surface area contributed by atoms with Gasteiger partial charge in [-0.05, 0) is 30.3 Å². The number of halogens is 1. The lowest BCUT2D eigenvalue weighted by Crippen LogP contribution is -2.12. The predicted molar refractivity (Wildman–Crippen MR) is 70.5 cm³/mol. The van der Waals surface area contributed by atoms with Gasteiger partial charge in [-0.25, -0.2) is 13.6 Å². The Kier molecular flexibility index (Phi) is 3.49. The number of benzene rings is 1. The highest BCUT2D eigenvalue weighted by molar-refractivity contribution is 7.89. The maximum Gasteiger partial charge on any atom is 0.238 e. The quantitative estimate of drug-likeness (QED) is 0.881. The third-order valence-electron chi connectivity index (χ3n) is 2.48. The second-order valence-electron chi connectivity index (χ2n) is 3.91. The van der Waals surface area contributed by atoms with Gasteiger partial charge >= 0.3 is 0 Å². The molecular formula is C12H10ClNO4S. The Morgan fingerprint density at radius 3 is 2.47 bits per heavy atom. The van der Waals surface area contributed by atoms with E-state index >= 15 is 0 Å². The van der Waals surface area contributed by atoms with Crippen LogP contribution in [0.5, 0.6) is 0 Å². The highest BCUT2D eigenvalue weighted by atomic mass is 35.5. The number of primary sulfonamides is 1. The van der Waals surface area contributed by atoms with Gasteiger partial charge in [-0.2, -0.15) is 0 Å². The Morgan fingerprint density at radius 2 is 1.95 bits per heavy atom. The van der Waals surface area contributed by atoms with Gasteiger partial charge in [0, 0.05) is 12.5 Å². The lowest BCUT2D eigenvalue weighted by Gasteiger charge is -2.04. The molecule has 0 saturated heterocycles. The third kappa shape index (κ3) is 2.86. The van der Waals surface area contributed by atoms with E-state index < -0.39 is 10.0 Å². The first-order chi connectivity index (χ1) is 8.79. The molecule has 0 atom stereocenters. The van der Waals surface area contributed by atoms with E-state index in [9.17, 15) is 13.2 Å². The van der Waals surface area contributed by atoms with Crippen LogP contribution in [0, 0.1) is 0 Å². The number of rotatable bonds is 3. The van der Waals surface area contributed by atoms with Gasteiger partial charge in [0.1, 0.15) is 5.76 Å². The summed E-state index contributed by atoms with van der Waals surface area (Å²) in [6.07, 6.45) is 0. The molecule has 0 bridgehead atoms. The summed E-state index contributed by atoms with van der Waals surface area (Å²) in [6.45, 7) is 1.37. The molecule has 2 rings (SSSR count). The van der Waals surface area contributed by atoms with Crippen molar-refractivity contribution in [3.8, 4) is 11.3 Å². The minimum atomic E-state index is -3.83. The number of carbonyl (C=O) groups excluding carboxylic acids is 1. The number of ketones is 1. The van der Waals surface area contributed by atoms with Crippen LogP contribution in [0.4, 0.5) is 0 Å². The smallest absolute Gasteiger partial charge is 0.238 e. The minimum Gasteiger partial charge on any atom is -0.453 e. The monoisotopic (exact) mass is 299 g/mol. The summed E-state index contributed by atoms with van der Waals surface area (Å²) in [6, 6.07) is 7.06. The molecule has 0 aliphatic heterocycles. The topological polar surface area (TPSA) is 90.4 Å². The van der Waals surface area contributed by atoms with Crippen molar-refractivity contribution in [2.45, 2.75) is 11.8 Å². The van der Waals surface area contributed by atoms with Crippen LogP contribution in [0.15, 0.2) is 39.6 Å². The van der Waals surface area contributed by atoms with Gasteiger partial charge in [0.05, 0.1) is 9.92 Å². The van der Waals surface area contributed by atoms with E-state index in [0.29, 0.717) is 16.3 Å². The number of nitrogens with two attached hydrogens (primary N) is 1. The van der Waals surface area contributed by atoms with Crippen LogP contribution in [0.3, 0.4) is 0 Å². The average Bonchev–Trinajstić information content (AvgIpc) is 2.77. The van der Waals surface area contributed by atoms with Crippen molar-refractivity contribution >= 4 is 27.4 Å². The van der Waals surface area contributed by atoms with Crippen molar-refractivity contribution in [1.29, 1.82) is 0 Å². The van der Waals surface area contributed by atoms with Gasteiger partial charge in [0.15, 0.2) is 11.5 Å². The van der Waals surface area contributed by atoms with Crippen molar-refractivity contribution in [2.24, 2.45) is 5.14 Å². The van der Waals surface area contributed by atoms with E-state index in [0.717, 1.165) is 0 Å². The molecule has 0 aliphatic carbocycles. The minimum absolute atomic E-state index is 0.0762.